The summed E-state index contributed by atoms with van der Waals surface area (Å²) in [6.07, 6.45) is 0. The Bertz CT molecular complexity index is 1010. The average molecular weight is 381 g/mol. The van der Waals surface area contributed by atoms with Crippen molar-refractivity contribution in [2.75, 3.05) is 31.1 Å². The van der Waals surface area contributed by atoms with E-state index in [1.807, 2.05) is 17.0 Å². The predicted octanol–water partition coefficient (Wildman–Crippen LogP) is 3.46. The molecule has 1 aromatic heterocycles. The number of aromatic hydroxyl groups is 1. The van der Waals surface area contributed by atoms with Gasteiger partial charge in [-0.05, 0) is 31.2 Å². The number of benzene rings is 2. The molecule has 6 nitrogen and oxygen atoms in total. The number of piperazine rings is 1. The fourth-order valence-corrected chi connectivity index (χ4v) is 3.50. The van der Waals surface area contributed by atoms with E-state index in [2.05, 4.69) is 5.16 Å². The minimum atomic E-state index is -0.450. The number of anilines is 1. The smallest absolute Gasteiger partial charge is 0.259 e. The molecule has 2 aromatic carbocycles. The lowest BCUT2D eigenvalue weighted by atomic mass is 10.0. The standard InChI is InChI=1S/C21H20FN3O3/c1-14-19(20(23-28-14)15-6-2-3-7-16(15)22)21(27)25-12-10-24(11-13-25)17-8-4-5-9-18(17)26/h2-9,26H,10-13H2,1H3. The zero-order valence-corrected chi connectivity index (χ0v) is 15.4. The molecular weight excluding hydrogens is 361 g/mol. The maximum Gasteiger partial charge on any atom is 0.259 e. The van der Waals surface area contributed by atoms with E-state index in [-0.39, 0.29) is 22.9 Å². The number of nitrogens with zero attached hydrogens (tertiary/aromatic N) is 3. The summed E-state index contributed by atoms with van der Waals surface area (Å²) in [6.45, 7) is 3.79. The molecule has 0 radical (unpaired) electrons. The van der Waals surface area contributed by atoms with Crippen molar-refractivity contribution in [2.45, 2.75) is 6.92 Å². The van der Waals surface area contributed by atoms with E-state index in [0.29, 0.717) is 37.5 Å². The number of carbonyl (C=O) groups excluding carboxylic acids is 1. The Morgan fingerprint density at radius 3 is 2.46 bits per heavy atom. The second-order valence-corrected chi connectivity index (χ2v) is 6.71. The number of aromatic nitrogens is 1. The minimum absolute atomic E-state index is 0.221. The Morgan fingerprint density at radius 2 is 1.75 bits per heavy atom. The van der Waals surface area contributed by atoms with Crippen LogP contribution in [0.2, 0.25) is 0 Å². The lowest BCUT2D eigenvalue weighted by Crippen LogP contribution is -2.49. The van der Waals surface area contributed by atoms with E-state index in [9.17, 15) is 14.3 Å². The van der Waals surface area contributed by atoms with Crippen LogP contribution in [-0.2, 0) is 0 Å². The number of aryl methyl sites for hydroxylation is 1. The number of phenolic OH excluding ortho intramolecular Hbond substituents is 1. The van der Waals surface area contributed by atoms with Gasteiger partial charge in [-0.2, -0.15) is 0 Å². The van der Waals surface area contributed by atoms with Gasteiger partial charge in [-0.1, -0.05) is 29.4 Å². The Labute approximate surface area is 161 Å². The number of hydrogen-bond donors (Lipinski definition) is 1. The molecule has 4 rings (SSSR count). The van der Waals surface area contributed by atoms with Crippen LogP contribution in [0, 0.1) is 12.7 Å². The Morgan fingerprint density at radius 1 is 1.07 bits per heavy atom. The van der Waals surface area contributed by atoms with Gasteiger partial charge >= 0.3 is 0 Å². The second kappa shape index (κ2) is 7.34. The SMILES string of the molecule is Cc1onc(-c2ccccc2F)c1C(=O)N1CCN(c2ccccc2O)CC1. The summed E-state index contributed by atoms with van der Waals surface area (Å²) in [5, 5.41) is 14.0. The van der Waals surface area contributed by atoms with Crippen molar-refractivity contribution in [3.63, 3.8) is 0 Å². The quantitative estimate of drug-likeness (QED) is 0.752. The van der Waals surface area contributed by atoms with Crippen LogP contribution in [0.25, 0.3) is 11.3 Å². The summed E-state index contributed by atoms with van der Waals surface area (Å²) in [6, 6.07) is 13.3. The predicted molar refractivity (Wildman–Crippen MR) is 103 cm³/mol. The molecule has 1 aliphatic rings. The third-order valence-electron chi connectivity index (χ3n) is 4.99. The van der Waals surface area contributed by atoms with Crippen LogP contribution < -0.4 is 4.90 Å². The van der Waals surface area contributed by atoms with Crippen LogP contribution in [0.15, 0.2) is 53.1 Å². The topological polar surface area (TPSA) is 69.8 Å². The molecule has 7 heteroatoms. The second-order valence-electron chi connectivity index (χ2n) is 6.71. The molecule has 1 saturated heterocycles. The van der Waals surface area contributed by atoms with Crippen molar-refractivity contribution >= 4 is 11.6 Å². The van der Waals surface area contributed by atoms with Gasteiger partial charge in [0.05, 0.1) is 5.69 Å². The van der Waals surface area contributed by atoms with Gasteiger partial charge < -0.3 is 19.4 Å². The number of para-hydroxylation sites is 2. The maximum absolute atomic E-state index is 14.2. The molecule has 3 aromatic rings. The van der Waals surface area contributed by atoms with Gasteiger partial charge in [-0.3, -0.25) is 4.79 Å². The van der Waals surface area contributed by atoms with Crippen LogP contribution in [-0.4, -0.2) is 47.2 Å². The van der Waals surface area contributed by atoms with Gasteiger partial charge in [0, 0.05) is 31.7 Å². The molecule has 0 saturated carbocycles. The summed E-state index contributed by atoms with van der Waals surface area (Å²) >= 11 is 0. The first-order valence-electron chi connectivity index (χ1n) is 9.09. The fourth-order valence-electron chi connectivity index (χ4n) is 3.50. The minimum Gasteiger partial charge on any atom is -0.506 e. The molecule has 2 heterocycles. The van der Waals surface area contributed by atoms with Crippen LogP contribution >= 0.6 is 0 Å². The fraction of sp³-hybridized carbons (Fsp3) is 0.238. The average Bonchev–Trinajstić information content (AvgIpc) is 3.09. The number of phenols is 1. The largest absolute Gasteiger partial charge is 0.506 e. The van der Waals surface area contributed by atoms with E-state index >= 15 is 0 Å². The van der Waals surface area contributed by atoms with Gasteiger partial charge in [0.15, 0.2) is 0 Å². The molecule has 144 valence electrons. The molecule has 0 unspecified atom stereocenters. The monoisotopic (exact) mass is 381 g/mol. The van der Waals surface area contributed by atoms with Crippen molar-refractivity contribution in [1.29, 1.82) is 0 Å². The van der Waals surface area contributed by atoms with E-state index in [0.717, 1.165) is 5.69 Å². The van der Waals surface area contributed by atoms with Gasteiger partial charge in [-0.15, -0.1) is 0 Å². The van der Waals surface area contributed by atoms with E-state index in [4.69, 9.17) is 4.52 Å². The first kappa shape index (κ1) is 18.0. The van der Waals surface area contributed by atoms with Crippen molar-refractivity contribution in [3.05, 3.63) is 65.7 Å². The third-order valence-corrected chi connectivity index (χ3v) is 4.99. The highest BCUT2D eigenvalue weighted by Crippen LogP contribution is 2.30. The highest BCUT2D eigenvalue weighted by molar-refractivity contribution is 6.01. The van der Waals surface area contributed by atoms with Gasteiger partial charge in [0.1, 0.15) is 28.6 Å². The number of amides is 1. The molecule has 0 aliphatic carbocycles. The zero-order chi connectivity index (χ0) is 19.7. The van der Waals surface area contributed by atoms with Crippen molar-refractivity contribution in [2.24, 2.45) is 0 Å². The Hall–Kier alpha value is -3.35. The zero-order valence-electron chi connectivity index (χ0n) is 15.4. The molecule has 1 aliphatic heterocycles. The summed E-state index contributed by atoms with van der Waals surface area (Å²) in [5.41, 5.74) is 1.52. The molecule has 0 bridgehead atoms. The normalized spacial score (nSPS) is 14.4. The molecule has 0 spiro atoms. The molecular formula is C21H20FN3O3. The van der Waals surface area contributed by atoms with Gasteiger partial charge in [-0.25, -0.2) is 4.39 Å². The van der Waals surface area contributed by atoms with Gasteiger partial charge in [0.25, 0.3) is 5.91 Å². The summed E-state index contributed by atoms with van der Waals surface area (Å²) in [5.74, 6) is -0.0893. The Balaban J connectivity index is 1.55. The van der Waals surface area contributed by atoms with Crippen LogP contribution in [0.3, 0.4) is 0 Å². The Kier molecular flexibility index (Phi) is 4.73. The third kappa shape index (κ3) is 3.19. The highest BCUT2D eigenvalue weighted by atomic mass is 19.1. The summed E-state index contributed by atoms with van der Waals surface area (Å²) < 4.78 is 19.4. The van der Waals surface area contributed by atoms with Crippen LogP contribution in [0.4, 0.5) is 10.1 Å². The lowest BCUT2D eigenvalue weighted by molar-refractivity contribution is 0.0745. The molecule has 28 heavy (non-hydrogen) atoms. The molecule has 0 atom stereocenters. The van der Waals surface area contributed by atoms with Crippen molar-refractivity contribution in [3.8, 4) is 17.0 Å². The van der Waals surface area contributed by atoms with Crippen LogP contribution in [0.1, 0.15) is 16.1 Å². The number of rotatable bonds is 3. The maximum atomic E-state index is 14.2. The highest BCUT2D eigenvalue weighted by Gasteiger charge is 2.29. The molecule has 1 N–H and O–H groups in total. The molecule has 1 fully saturated rings. The summed E-state index contributed by atoms with van der Waals surface area (Å²) in [7, 11) is 0. The number of halogens is 1. The van der Waals surface area contributed by atoms with E-state index < -0.39 is 5.82 Å². The van der Waals surface area contributed by atoms with Gasteiger partial charge in [0.2, 0.25) is 0 Å². The van der Waals surface area contributed by atoms with Crippen molar-refractivity contribution in [1.82, 2.24) is 10.1 Å². The number of hydrogen-bond acceptors (Lipinski definition) is 5. The summed E-state index contributed by atoms with van der Waals surface area (Å²) in [4.78, 5) is 16.9. The lowest BCUT2D eigenvalue weighted by Gasteiger charge is -2.36. The van der Waals surface area contributed by atoms with E-state index in [1.165, 1.54) is 6.07 Å². The van der Waals surface area contributed by atoms with E-state index in [1.54, 1.807) is 42.2 Å². The number of carbonyl (C=O) groups is 1. The first-order chi connectivity index (χ1) is 13.6. The molecule has 1 amide bonds. The van der Waals surface area contributed by atoms with Crippen LogP contribution in [0.5, 0.6) is 5.75 Å². The first-order valence-corrected chi connectivity index (χ1v) is 9.09. The van der Waals surface area contributed by atoms with Crippen molar-refractivity contribution < 1.29 is 18.8 Å².